The topological polar surface area (TPSA) is 52.0 Å². The van der Waals surface area contributed by atoms with Crippen molar-refractivity contribution in [2.24, 2.45) is 0 Å². The minimum absolute atomic E-state index is 0.0306. The summed E-state index contributed by atoms with van der Waals surface area (Å²) in [6.07, 6.45) is -3.40. The zero-order valence-corrected chi connectivity index (χ0v) is 12.9. The van der Waals surface area contributed by atoms with Crippen LogP contribution < -0.4 is 10.1 Å². The van der Waals surface area contributed by atoms with Gasteiger partial charge in [-0.1, -0.05) is 6.07 Å². The molecule has 1 aromatic heterocycles. The summed E-state index contributed by atoms with van der Waals surface area (Å²) in [5.41, 5.74) is -0.143. The monoisotopic (exact) mass is 344 g/mol. The molecule has 0 radical (unpaired) electrons. The standard InChI is InChI=1S/C15H16F4N4O/c1-9-21-14-6-5-10(8-23(14)22-9)20-7-11-12(16)3-2-4-13(11)24-15(17,18)19/h2-4,10,20H,5-8H2,1H3/t10-/m0/s1. The fourth-order valence-corrected chi connectivity index (χ4v) is 2.78. The number of hydrogen-bond acceptors (Lipinski definition) is 4. The molecule has 9 heteroatoms. The molecule has 0 aliphatic carbocycles. The number of nitrogens with one attached hydrogen (secondary N) is 1. The van der Waals surface area contributed by atoms with Crippen LogP contribution in [0.5, 0.6) is 5.75 Å². The molecule has 1 atom stereocenters. The molecule has 130 valence electrons. The van der Waals surface area contributed by atoms with Crippen LogP contribution in [-0.2, 0) is 19.5 Å². The number of aromatic nitrogens is 3. The Labute approximate surface area is 135 Å². The van der Waals surface area contributed by atoms with Crippen molar-refractivity contribution in [3.8, 4) is 5.75 Å². The number of nitrogens with zero attached hydrogens (tertiary/aromatic N) is 3. The molecule has 0 spiro atoms. The predicted octanol–water partition coefficient (Wildman–Crippen LogP) is 2.73. The highest BCUT2D eigenvalue weighted by atomic mass is 19.4. The number of halogens is 4. The van der Waals surface area contributed by atoms with Gasteiger partial charge in [0.15, 0.2) is 0 Å². The zero-order chi connectivity index (χ0) is 17.3. The van der Waals surface area contributed by atoms with Gasteiger partial charge in [0.25, 0.3) is 0 Å². The smallest absolute Gasteiger partial charge is 0.405 e. The van der Waals surface area contributed by atoms with Crippen molar-refractivity contribution >= 4 is 0 Å². The number of rotatable bonds is 4. The third-order valence-electron chi connectivity index (χ3n) is 3.83. The number of ether oxygens (including phenoxy) is 1. The lowest BCUT2D eigenvalue weighted by Crippen LogP contribution is -2.37. The molecule has 1 N–H and O–H groups in total. The van der Waals surface area contributed by atoms with Crippen LogP contribution in [0, 0.1) is 12.7 Å². The van der Waals surface area contributed by atoms with E-state index < -0.39 is 17.9 Å². The van der Waals surface area contributed by atoms with Crippen molar-refractivity contribution < 1.29 is 22.3 Å². The lowest BCUT2D eigenvalue weighted by molar-refractivity contribution is -0.275. The Bertz CT molecular complexity index is 729. The summed E-state index contributed by atoms with van der Waals surface area (Å²) in [6, 6.07) is 3.37. The molecule has 5 nitrogen and oxygen atoms in total. The first-order valence-corrected chi connectivity index (χ1v) is 7.48. The van der Waals surface area contributed by atoms with Crippen molar-refractivity contribution in [1.29, 1.82) is 0 Å². The second kappa shape index (κ2) is 6.39. The zero-order valence-electron chi connectivity index (χ0n) is 12.9. The van der Waals surface area contributed by atoms with Crippen molar-refractivity contribution in [2.75, 3.05) is 0 Å². The van der Waals surface area contributed by atoms with Gasteiger partial charge in [0.2, 0.25) is 0 Å². The SMILES string of the molecule is Cc1nc2n(n1)C[C@@H](NCc1c(F)cccc1OC(F)(F)F)CC2. The second-order valence-electron chi connectivity index (χ2n) is 5.64. The van der Waals surface area contributed by atoms with Crippen molar-refractivity contribution in [3.63, 3.8) is 0 Å². The molecule has 0 saturated heterocycles. The quantitative estimate of drug-likeness (QED) is 0.867. The van der Waals surface area contributed by atoms with Gasteiger partial charge in [-0.3, -0.25) is 0 Å². The van der Waals surface area contributed by atoms with Gasteiger partial charge in [-0.05, 0) is 25.5 Å². The van der Waals surface area contributed by atoms with Crippen LogP contribution in [0.15, 0.2) is 18.2 Å². The number of benzene rings is 1. The minimum Gasteiger partial charge on any atom is -0.405 e. The van der Waals surface area contributed by atoms with Crippen molar-refractivity contribution in [3.05, 3.63) is 41.2 Å². The van der Waals surface area contributed by atoms with E-state index >= 15 is 0 Å². The number of aryl methyl sites for hydroxylation is 2. The lowest BCUT2D eigenvalue weighted by Gasteiger charge is -2.24. The predicted molar refractivity (Wildman–Crippen MR) is 76.8 cm³/mol. The first kappa shape index (κ1) is 16.7. The Kier molecular flexibility index (Phi) is 4.44. The molecule has 0 fully saturated rings. The van der Waals surface area contributed by atoms with Crippen LogP contribution in [0.3, 0.4) is 0 Å². The van der Waals surface area contributed by atoms with Gasteiger partial charge in [-0.2, -0.15) is 5.10 Å². The van der Waals surface area contributed by atoms with E-state index in [1.165, 1.54) is 6.07 Å². The van der Waals surface area contributed by atoms with Gasteiger partial charge in [0, 0.05) is 24.6 Å². The number of alkyl halides is 3. The average Bonchev–Trinajstić information content (AvgIpc) is 2.84. The van der Waals surface area contributed by atoms with Gasteiger partial charge in [-0.25, -0.2) is 14.1 Å². The largest absolute Gasteiger partial charge is 0.573 e. The number of hydrogen-bond donors (Lipinski definition) is 1. The first-order valence-electron chi connectivity index (χ1n) is 7.48. The van der Waals surface area contributed by atoms with Gasteiger partial charge in [0.05, 0.1) is 6.54 Å². The summed E-state index contributed by atoms with van der Waals surface area (Å²) in [6.45, 7) is 2.28. The fraction of sp³-hybridized carbons (Fsp3) is 0.467. The van der Waals surface area contributed by atoms with Crippen LogP contribution in [0.4, 0.5) is 17.6 Å². The molecule has 1 aromatic carbocycles. The van der Waals surface area contributed by atoms with Gasteiger partial charge in [0.1, 0.15) is 23.2 Å². The molecule has 1 aliphatic rings. The maximum Gasteiger partial charge on any atom is 0.573 e. The molecule has 0 saturated carbocycles. The summed E-state index contributed by atoms with van der Waals surface area (Å²) in [7, 11) is 0. The molecular formula is C15H16F4N4O. The maximum atomic E-state index is 13.9. The first-order chi connectivity index (χ1) is 11.3. The van der Waals surface area contributed by atoms with Gasteiger partial charge >= 0.3 is 6.36 Å². The Morgan fingerprint density at radius 2 is 2.17 bits per heavy atom. The van der Waals surface area contributed by atoms with E-state index in [2.05, 4.69) is 20.1 Å². The Hall–Kier alpha value is -2.16. The van der Waals surface area contributed by atoms with E-state index in [-0.39, 0.29) is 18.2 Å². The van der Waals surface area contributed by atoms with E-state index in [1.54, 1.807) is 11.6 Å². The van der Waals surface area contributed by atoms with Gasteiger partial charge < -0.3 is 10.1 Å². The highest BCUT2D eigenvalue weighted by Gasteiger charge is 2.32. The summed E-state index contributed by atoms with van der Waals surface area (Å²) in [5.74, 6) is 0.304. The maximum absolute atomic E-state index is 13.9. The lowest BCUT2D eigenvalue weighted by atomic mass is 10.1. The van der Waals surface area contributed by atoms with E-state index in [0.717, 1.165) is 24.4 Å². The van der Waals surface area contributed by atoms with E-state index in [0.29, 0.717) is 18.8 Å². The van der Waals surface area contributed by atoms with Gasteiger partial charge in [-0.15, -0.1) is 13.2 Å². The van der Waals surface area contributed by atoms with E-state index in [9.17, 15) is 17.6 Å². The van der Waals surface area contributed by atoms with Crippen LogP contribution >= 0.6 is 0 Å². The summed E-state index contributed by atoms with van der Waals surface area (Å²) in [5, 5.41) is 7.34. The van der Waals surface area contributed by atoms with Crippen LogP contribution in [0.1, 0.15) is 23.6 Å². The summed E-state index contributed by atoms with van der Waals surface area (Å²) >= 11 is 0. The van der Waals surface area contributed by atoms with Crippen molar-refractivity contribution in [1.82, 2.24) is 20.1 Å². The summed E-state index contributed by atoms with van der Waals surface area (Å²) < 4.78 is 56.9. The van der Waals surface area contributed by atoms with E-state index in [1.807, 2.05) is 0 Å². The molecule has 0 unspecified atom stereocenters. The molecular weight excluding hydrogens is 328 g/mol. The normalized spacial score (nSPS) is 17.6. The van der Waals surface area contributed by atoms with E-state index in [4.69, 9.17) is 0 Å². The second-order valence-corrected chi connectivity index (χ2v) is 5.64. The fourth-order valence-electron chi connectivity index (χ4n) is 2.78. The van der Waals surface area contributed by atoms with Crippen LogP contribution in [-0.4, -0.2) is 27.2 Å². The molecule has 3 rings (SSSR count). The third kappa shape index (κ3) is 3.84. The molecule has 1 aliphatic heterocycles. The molecule has 2 heterocycles. The highest BCUT2D eigenvalue weighted by molar-refractivity contribution is 5.34. The number of fused-ring (bicyclic) bond motifs is 1. The average molecular weight is 344 g/mol. The summed E-state index contributed by atoms with van der Waals surface area (Å²) in [4.78, 5) is 4.29. The molecule has 0 bridgehead atoms. The molecule has 0 amide bonds. The third-order valence-corrected chi connectivity index (χ3v) is 3.83. The minimum atomic E-state index is -4.86. The molecule has 2 aromatic rings. The highest BCUT2D eigenvalue weighted by Crippen LogP contribution is 2.28. The van der Waals surface area contributed by atoms with Crippen molar-refractivity contribution in [2.45, 2.75) is 45.3 Å². The Balaban J connectivity index is 1.69. The molecule has 24 heavy (non-hydrogen) atoms. The van der Waals surface area contributed by atoms with Crippen LogP contribution in [0.2, 0.25) is 0 Å². The Morgan fingerprint density at radius 3 is 2.92 bits per heavy atom. The Morgan fingerprint density at radius 1 is 1.38 bits per heavy atom. The van der Waals surface area contributed by atoms with Crippen LogP contribution in [0.25, 0.3) is 0 Å².